The van der Waals surface area contributed by atoms with Crippen LogP contribution < -0.4 is 5.32 Å². The molecule has 1 aliphatic rings. The molecule has 6 heteroatoms. The van der Waals surface area contributed by atoms with Crippen LogP contribution in [0.2, 0.25) is 0 Å². The summed E-state index contributed by atoms with van der Waals surface area (Å²) in [5.41, 5.74) is 2.68. The topological polar surface area (TPSA) is 87.4 Å². The molecule has 0 bridgehead atoms. The molecule has 6 nitrogen and oxygen atoms in total. The molecule has 0 amide bonds. The van der Waals surface area contributed by atoms with Gasteiger partial charge in [0.2, 0.25) is 0 Å². The molecule has 0 spiro atoms. The Balaban J connectivity index is 1.54. The highest BCUT2D eigenvalue weighted by atomic mass is 16.4. The predicted molar refractivity (Wildman–Crippen MR) is 89.7 cm³/mol. The maximum Gasteiger partial charge on any atom is 0.338 e. The maximum atomic E-state index is 10.9. The molecule has 1 heterocycles. The number of hydrogen-bond acceptors (Lipinski definition) is 4. The lowest BCUT2D eigenvalue weighted by Gasteiger charge is -2.17. The van der Waals surface area contributed by atoms with Gasteiger partial charge in [0.05, 0.1) is 17.9 Å². The fraction of sp³-hybridized carbons (Fsp3) is 0.444. The molecule has 3 atom stereocenters. The standard InChI is InChI=1S/C18H23N3O3/c1-12-4-2-3-5-14(12)8-19-16-6-13(7-17(16)22)10-21-11-15(9-20-21)18(23)24/h2-5,9,11,13,16-17,19,22H,6-8,10H2,1H3,(H,23,24)/t13?,16-,17-/m1/s1. The lowest BCUT2D eigenvalue weighted by atomic mass is 10.1. The second-order valence-electron chi connectivity index (χ2n) is 6.57. The maximum absolute atomic E-state index is 10.9. The van der Waals surface area contributed by atoms with E-state index in [1.54, 1.807) is 10.9 Å². The number of rotatable bonds is 6. The molecule has 128 valence electrons. The van der Waals surface area contributed by atoms with E-state index in [1.165, 1.54) is 17.3 Å². The van der Waals surface area contributed by atoms with Gasteiger partial charge in [0.15, 0.2) is 0 Å². The van der Waals surface area contributed by atoms with Gasteiger partial charge >= 0.3 is 5.97 Å². The summed E-state index contributed by atoms with van der Waals surface area (Å²) in [5.74, 6) is -0.679. The van der Waals surface area contributed by atoms with E-state index in [0.29, 0.717) is 13.0 Å². The molecule has 1 aromatic carbocycles. The van der Waals surface area contributed by atoms with Crippen LogP contribution in [0.15, 0.2) is 36.7 Å². The number of carboxylic acid groups (broad SMARTS) is 1. The fourth-order valence-corrected chi connectivity index (χ4v) is 3.37. The molecule has 1 aromatic heterocycles. The largest absolute Gasteiger partial charge is 0.478 e. The van der Waals surface area contributed by atoms with Crippen LogP contribution in [0.25, 0.3) is 0 Å². The highest BCUT2D eigenvalue weighted by Gasteiger charge is 2.33. The van der Waals surface area contributed by atoms with Crippen molar-refractivity contribution >= 4 is 5.97 Å². The molecule has 3 rings (SSSR count). The molecule has 24 heavy (non-hydrogen) atoms. The van der Waals surface area contributed by atoms with Crippen molar-refractivity contribution in [3.05, 3.63) is 53.3 Å². The minimum atomic E-state index is -0.967. The van der Waals surface area contributed by atoms with Gasteiger partial charge in [-0.1, -0.05) is 24.3 Å². The van der Waals surface area contributed by atoms with Crippen molar-refractivity contribution in [2.45, 2.75) is 45.0 Å². The fourth-order valence-electron chi connectivity index (χ4n) is 3.37. The zero-order valence-electron chi connectivity index (χ0n) is 13.7. The first-order valence-corrected chi connectivity index (χ1v) is 8.24. The Hall–Kier alpha value is -2.18. The monoisotopic (exact) mass is 329 g/mol. The molecule has 1 unspecified atom stereocenters. The minimum absolute atomic E-state index is 0.0594. The van der Waals surface area contributed by atoms with E-state index in [2.05, 4.69) is 29.5 Å². The third-order valence-electron chi connectivity index (χ3n) is 4.77. The molecular formula is C18H23N3O3. The van der Waals surface area contributed by atoms with Crippen LogP contribution in [-0.2, 0) is 13.1 Å². The minimum Gasteiger partial charge on any atom is -0.478 e. The van der Waals surface area contributed by atoms with Crippen LogP contribution >= 0.6 is 0 Å². The van der Waals surface area contributed by atoms with Crippen LogP contribution in [0, 0.1) is 12.8 Å². The Morgan fingerprint density at radius 2 is 2.17 bits per heavy atom. The van der Waals surface area contributed by atoms with Gasteiger partial charge in [-0.2, -0.15) is 5.10 Å². The normalized spacial score (nSPS) is 23.5. The smallest absolute Gasteiger partial charge is 0.338 e. The number of nitrogens with one attached hydrogen (secondary N) is 1. The third-order valence-corrected chi connectivity index (χ3v) is 4.77. The average Bonchev–Trinajstić information content (AvgIpc) is 3.14. The Morgan fingerprint density at radius 3 is 2.88 bits per heavy atom. The molecule has 1 fully saturated rings. The molecule has 1 aliphatic carbocycles. The molecule has 3 N–H and O–H groups in total. The van der Waals surface area contributed by atoms with Gasteiger partial charge in [0, 0.05) is 25.3 Å². The van der Waals surface area contributed by atoms with Crippen molar-refractivity contribution in [3.63, 3.8) is 0 Å². The number of aliphatic hydroxyl groups excluding tert-OH is 1. The van der Waals surface area contributed by atoms with E-state index in [1.807, 2.05) is 12.1 Å². The van der Waals surface area contributed by atoms with Gasteiger partial charge in [0.1, 0.15) is 0 Å². The number of aromatic carboxylic acids is 1. The number of nitrogens with zero attached hydrogens (tertiary/aromatic N) is 2. The summed E-state index contributed by atoms with van der Waals surface area (Å²) in [6, 6.07) is 8.29. The summed E-state index contributed by atoms with van der Waals surface area (Å²) in [6.07, 6.45) is 4.08. The number of aromatic nitrogens is 2. The number of benzene rings is 1. The third kappa shape index (κ3) is 3.83. The van der Waals surface area contributed by atoms with Crippen molar-refractivity contribution in [2.75, 3.05) is 0 Å². The van der Waals surface area contributed by atoms with Crippen molar-refractivity contribution in [3.8, 4) is 0 Å². The first-order chi connectivity index (χ1) is 11.5. The zero-order valence-corrected chi connectivity index (χ0v) is 13.7. The lowest BCUT2D eigenvalue weighted by molar-refractivity contribution is 0.0696. The second kappa shape index (κ2) is 7.15. The molecule has 0 saturated heterocycles. The predicted octanol–water partition coefficient (Wildman–Crippen LogP) is 1.82. The van der Waals surface area contributed by atoms with Gasteiger partial charge in [0.25, 0.3) is 0 Å². The summed E-state index contributed by atoms with van der Waals surface area (Å²) in [5, 5.41) is 26.8. The lowest BCUT2D eigenvalue weighted by Crippen LogP contribution is -2.35. The van der Waals surface area contributed by atoms with Crippen LogP contribution in [0.5, 0.6) is 0 Å². The summed E-state index contributed by atoms with van der Waals surface area (Å²) in [4.78, 5) is 10.9. The number of aryl methyl sites for hydroxylation is 1. The number of carboxylic acids is 1. The Labute approximate surface area is 141 Å². The van der Waals surface area contributed by atoms with E-state index in [4.69, 9.17) is 5.11 Å². The van der Waals surface area contributed by atoms with Crippen LogP contribution in [0.3, 0.4) is 0 Å². The van der Waals surface area contributed by atoms with Gasteiger partial charge in [-0.25, -0.2) is 4.79 Å². The number of aliphatic hydroxyl groups is 1. The average molecular weight is 329 g/mol. The molecule has 0 radical (unpaired) electrons. The number of carbonyl (C=O) groups is 1. The van der Waals surface area contributed by atoms with E-state index < -0.39 is 5.97 Å². The molecule has 2 aromatic rings. The van der Waals surface area contributed by atoms with Crippen LogP contribution in [0.1, 0.15) is 34.3 Å². The van der Waals surface area contributed by atoms with E-state index in [9.17, 15) is 9.90 Å². The first kappa shape index (κ1) is 16.7. The van der Waals surface area contributed by atoms with Crippen molar-refractivity contribution in [2.24, 2.45) is 5.92 Å². The Morgan fingerprint density at radius 1 is 1.38 bits per heavy atom. The summed E-state index contributed by atoms with van der Waals surface area (Å²) >= 11 is 0. The van der Waals surface area contributed by atoms with Crippen molar-refractivity contribution in [1.82, 2.24) is 15.1 Å². The Kier molecular flexibility index (Phi) is 4.97. The molecule has 0 aliphatic heterocycles. The van der Waals surface area contributed by atoms with Crippen LogP contribution in [-0.4, -0.2) is 38.1 Å². The van der Waals surface area contributed by atoms with E-state index >= 15 is 0 Å². The van der Waals surface area contributed by atoms with Gasteiger partial charge in [-0.3, -0.25) is 4.68 Å². The van der Waals surface area contributed by atoms with Crippen molar-refractivity contribution < 1.29 is 15.0 Å². The quantitative estimate of drug-likeness (QED) is 0.752. The Bertz CT molecular complexity index is 713. The first-order valence-electron chi connectivity index (χ1n) is 8.24. The second-order valence-corrected chi connectivity index (χ2v) is 6.57. The molecule has 1 saturated carbocycles. The van der Waals surface area contributed by atoms with E-state index in [-0.39, 0.29) is 23.6 Å². The highest BCUT2D eigenvalue weighted by Crippen LogP contribution is 2.28. The zero-order chi connectivity index (χ0) is 17.1. The molecular weight excluding hydrogens is 306 g/mol. The van der Waals surface area contributed by atoms with Gasteiger partial charge in [-0.15, -0.1) is 0 Å². The van der Waals surface area contributed by atoms with Gasteiger partial charge in [-0.05, 0) is 36.8 Å². The highest BCUT2D eigenvalue weighted by molar-refractivity contribution is 5.86. The summed E-state index contributed by atoms with van der Waals surface area (Å²) < 4.78 is 1.66. The van der Waals surface area contributed by atoms with E-state index in [0.717, 1.165) is 13.0 Å². The summed E-state index contributed by atoms with van der Waals surface area (Å²) in [6.45, 7) is 3.46. The van der Waals surface area contributed by atoms with Gasteiger partial charge < -0.3 is 15.5 Å². The SMILES string of the molecule is Cc1ccccc1CN[C@@H]1CC(Cn2cc(C(=O)O)cn2)C[C@H]1O. The van der Waals surface area contributed by atoms with Crippen LogP contribution in [0.4, 0.5) is 0 Å². The summed E-state index contributed by atoms with van der Waals surface area (Å²) in [7, 11) is 0. The van der Waals surface area contributed by atoms with Crippen molar-refractivity contribution in [1.29, 1.82) is 0 Å². The number of hydrogen-bond donors (Lipinski definition) is 3.